The van der Waals surface area contributed by atoms with Crippen molar-refractivity contribution >= 4 is 0 Å². The van der Waals surface area contributed by atoms with Crippen LogP contribution in [-0.4, -0.2) is 38.2 Å². The highest BCUT2D eigenvalue weighted by atomic mass is 16.5. The second-order valence-electron chi connectivity index (χ2n) is 4.97. The van der Waals surface area contributed by atoms with E-state index in [1.807, 2.05) is 6.07 Å². The molecule has 0 aromatic heterocycles. The Labute approximate surface area is 104 Å². The topological polar surface area (TPSA) is 24.5 Å². The average Bonchev–Trinajstić information content (AvgIpc) is 2.30. The van der Waals surface area contributed by atoms with Crippen molar-refractivity contribution in [1.82, 2.24) is 10.2 Å². The summed E-state index contributed by atoms with van der Waals surface area (Å²) in [5.41, 5.74) is 1.30. The van der Waals surface area contributed by atoms with Gasteiger partial charge in [0.2, 0.25) is 0 Å². The van der Waals surface area contributed by atoms with Gasteiger partial charge in [0, 0.05) is 13.1 Å². The molecule has 3 nitrogen and oxygen atoms in total. The van der Waals surface area contributed by atoms with Crippen molar-refractivity contribution < 1.29 is 4.74 Å². The predicted octanol–water partition coefficient (Wildman–Crippen LogP) is 1.88. The average molecular weight is 234 g/mol. The molecule has 0 aliphatic carbocycles. The summed E-state index contributed by atoms with van der Waals surface area (Å²) in [7, 11) is 4.16. The van der Waals surface area contributed by atoms with Crippen molar-refractivity contribution in [2.45, 2.75) is 25.5 Å². The van der Waals surface area contributed by atoms with Crippen LogP contribution in [0.2, 0.25) is 0 Å². The molecule has 3 heteroatoms. The van der Waals surface area contributed by atoms with Crippen molar-refractivity contribution in [2.75, 3.05) is 27.2 Å². The monoisotopic (exact) mass is 234 g/mol. The van der Waals surface area contributed by atoms with Gasteiger partial charge in [0.05, 0.1) is 0 Å². The van der Waals surface area contributed by atoms with Gasteiger partial charge in [0.25, 0.3) is 0 Å². The minimum Gasteiger partial charge on any atom is -0.489 e. The van der Waals surface area contributed by atoms with Gasteiger partial charge in [-0.15, -0.1) is 0 Å². The van der Waals surface area contributed by atoms with E-state index in [4.69, 9.17) is 4.74 Å². The fourth-order valence-corrected chi connectivity index (χ4v) is 2.20. The van der Waals surface area contributed by atoms with Crippen LogP contribution in [-0.2, 0) is 6.54 Å². The molecule has 0 saturated carbocycles. The molecule has 1 aromatic rings. The minimum absolute atomic E-state index is 0.332. The zero-order valence-corrected chi connectivity index (χ0v) is 10.8. The number of nitrogens with zero attached hydrogens (tertiary/aromatic N) is 1. The van der Waals surface area contributed by atoms with E-state index in [-0.39, 0.29) is 0 Å². The van der Waals surface area contributed by atoms with E-state index >= 15 is 0 Å². The molecule has 1 aliphatic rings. The van der Waals surface area contributed by atoms with E-state index in [0.29, 0.717) is 6.10 Å². The van der Waals surface area contributed by atoms with Crippen molar-refractivity contribution in [2.24, 2.45) is 0 Å². The maximum atomic E-state index is 6.00. The van der Waals surface area contributed by atoms with Gasteiger partial charge in [-0.05, 0) is 51.2 Å². The van der Waals surface area contributed by atoms with Crippen LogP contribution < -0.4 is 10.1 Å². The first-order valence-corrected chi connectivity index (χ1v) is 6.35. The van der Waals surface area contributed by atoms with E-state index in [1.165, 1.54) is 12.0 Å². The molecule has 94 valence electrons. The standard InChI is InChI=1S/C14H22N2O/c1-16(2)11-12-5-3-6-13(9-12)17-14-7-4-8-15-10-14/h3,5-6,9,14-15H,4,7-8,10-11H2,1-2H3. The Balaban J connectivity index is 1.95. The number of ether oxygens (including phenoxy) is 1. The van der Waals surface area contributed by atoms with E-state index < -0.39 is 0 Å². The molecule has 1 aromatic carbocycles. The Hall–Kier alpha value is -1.06. The molecule has 1 fully saturated rings. The second kappa shape index (κ2) is 6.03. The van der Waals surface area contributed by atoms with Crippen molar-refractivity contribution in [3.05, 3.63) is 29.8 Å². The largest absolute Gasteiger partial charge is 0.489 e. The number of piperidine rings is 1. The van der Waals surface area contributed by atoms with Gasteiger partial charge in [0.15, 0.2) is 0 Å². The van der Waals surface area contributed by atoms with Gasteiger partial charge >= 0.3 is 0 Å². The smallest absolute Gasteiger partial charge is 0.120 e. The number of benzene rings is 1. The van der Waals surface area contributed by atoms with E-state index in [9.17, 15) is 0 Å². The molecule has 17 heavy (non-hydrogen) atoms. The van der Waals surface area contributed by atoms with Crippen LogP contribution in [0.4, 0.5) is 0 Å². The SMILES string of the molecule is CN(C)Cc1cccc(OC2CCCNC2)c1. The second-order valence-corrected chi connectivity index (χ2v) is 4.97. The van der Waals surface area contributed by atoms with Crippen molar-refractivity contribution in [1.29, 1.82) is 0 Å². The first-order valence-electron chi connectivity index (χ1n) is 6.35. The molecular weight excluding hydrogens is 212 g/mol. The lowest BCUT2D eigenvalue weighted by Gasteiger charge is -2.24. The summed E-state index contributed by atoms with van der Waals surface area (Å²) in [5, 5.41) is 3.37. The first-order chi connectivity index (χ1) is 8.24. The van der Waals surface area contributed by atoms with E-state index in [0.717, 1.165) is 31.8 Å². The molecule has 0 bridgehead atoms. The molecule has 1 unspecified atom stereocenters. The Morgan fingerprint density at radius 2 is 2.29 bits per heavy atom. The highest BCUT2D eigenvalue weighted by molar-refractivity contribution is 5.28. The highest BCUT2D eigenvalue weighted by Gasteiger charge is 2.14. The predicted molar refractivity (Wildman–Crippen MR) is 70.4 cm³/mol. The summed E-state index contributed by atoms with van der Waals surface area (Å²) in [6.45, 7) is 3.05. The molecule has 1 N–H and O–H groups in total. The quantitative estimate of drug-likeness (QED) is 0.861. The van der Waals surface area contributed by atoms with Gasteiger partial charge in [-0.2, -0.15) is 0 Å². The third kappa shape index (κ3) is 4.02. The Bertz CT molecular complexity index is 346. The first kappa shape index (κ1) is 12.4. The van der Waals surface area contributed by atoms with Crippen molar-refractivity contribution in [3.63, 3.8) is 0 Å². The van der Waals surface area contributed by atoms with Crippen LogP contribution >= 0.6 is 0 Å². The summed E-state index contributed by atoms with van der Waals surface area (Å²) in [6, 6.07) is 8.42. The third-order valence-corrected chi connectivity index (χ3v) is 2.95. The molecule has 0 radical (unpaired) electrons. The molecule has 1 aliphatic heterocycles. The normalized spacial score (nSPS) is 20.5. The van der Waals surface area contributed by atoms with Gasteiger partial charge in [-0.1, -0.05) is 12.1 Å². The lowest BCUT2D eigenvalue weighted by Crippen LogP contribution is -2.37. The van der Waals surface area contributed by atoms with Crippen LogP contribution in [0.5, 0.6) is 5.75 Å². The van der Waals surface area contributed by atoms with Gasteiger partial charge < -0.3 is 15.0 Å². The van der Waals surface area contributed by atoms with Gasteiger partial charge in [-0.3, -0.25) is 0 Å². The molecule has 1 saturated heterocycles. The number of nitrogens with one attached hydrogen (secondary N) is 1. The molecule has 1 atom stereocenters. The maximum absolute atomic E-state index is 6.00. The summed E-state index contributed by atoms with van der Waals surface area (Å²) in [4.78, 5) is 2.17. The Kier molecular flexibility index (Phi) is 4.40. The zero-order valence-electron chi connectivity index (χ0n) is 10.8. The Morgan fingerprint density at radius 3 is 3.00 bits per heavy atom. The Morgan fingerprint density at radius 1 is 1.41 bits per heavy atom. The van der Waals surface area contributed by atoms with Crippen LogP contribution in [0.1, 0.15) is 18.4 Å². The fraction of sp³-hybridized carbons (Fsp3) is 0.571. The zero-order chi connectivity index (χ0) is 12.1. The summed E-state index contributed by atoms with van der Waals surface area (Å²) < 4.78 is 6.00. The molecule has 0 amide bonds. The van der Waals surface area contributed by atoms with Gasteiger partial charge in [0.1, 0.15) is 11.9 Å². The minimum atomic E-state index is 0.332. The third-order valence-electron chi connectivity index (χ3n) is 2.95. The maximum Gasteiger partial charge on any atom is 0.120 e. The van der Waals surface area contributed by atoms with Crippen LogP contribution in [0.25, 0.3) is 0 Å². The van der Waals surface area contributed by atoms with Crippen molar-refractivity contribution in [3.8, 4) is 5.75 Å². The summed E-state index contributed by atoms with van der Waals surface area (Å²) in [5.74, 6) is 0.998. The number of rotatable bonds is 4. The van der Waals surface area contributed by atoms with Crippen LogP contribution in [0.15, 0.2) is 24.3 Å². The molecule has 2 rings (SSSR count). The fourth-order valence-electron chi connectivity index (χ4n) is 2.20. The molecular formula is C14H22N2O. The van der Waals surface area contributed by atoms with Crippen LogP contribution in [0.3, 0.4) is 0 Å². The van der Waals surface area contributed by atoms with Crippen LogP contribution in [0, 0.1) is 0 Å². The number of hydrogen-bond donors (Lipinski definition) is 1. The number of hydrogen-bond acceptors (Lipinski definition) is 3. The summed E-state index contributed by atoms with van der Waals surface area (Å²) >= 11 is 0. The lowest BCUT2D eigenvalue weighted by molar-refractivity contribution is 0.167. The lowest BCUT2D eigenvalue weighted by atomic mass is 10.1. The van der Waals surface area contributed by atoms with E-state index in [2.05, 4.69) is 42.5 Å². The molecule has 1 heterocycles. The molecule has 0 spiro atoms. The van der Waals surface area contributed by atoms with E-state index in [1.54, 1.807) is 0 Å². The van der Waals surface area contributed by atoms with Gasteiger partial charge in [-0.25, -0.2) is 0 Å². The summed E-state index contributed by atoms with van der Waals surface area (Å²) in [6.07, 6.45) is 2.70. The highest BCUT2D eigenvalue weighted by Crippen LogP contribution is 2.18.